The van der Waals surface area contributed by atoms with Gasteiger partial charge < -0.3 is 20.1 Å². The van der Waals surface area contributed by atoms with E-state index in [1.165, 1.54) is 0 Å². The molecule has 3 N–H and O–H groups in total. The number of nitrogens with one attached hydrogen (secondary N) is 1. The van der Waals surface area contributed by atoms with Crippen molar-refractivity contribution < 1.29 is 14.8 Å². The highest BCUT2D eigenvalue weighted by Gasteiger charge is 2.15. The van der Waals surface area contributed by atoms with Crippen LogP contribution < -0.4 is 15.5 Å². The molecule has 0 unspecified atom stereocenters. The lowest BCUT2D eigenvalue weighted by Crippen LogP contribution is -2.30. The van der Waals surface area contributed by atoms with E-state index in [4.69, 9.17) is 14.8 Å². The van der Waals surface area contributed by atoms with Crippen molar-refractivity contribution in [3.05, 3.63) is 18.2 Å². The summed E-state index contributed by atoms with van der Waals surface area (Å²) in [6.45, 7) is 1.39. The summed E-state index contributed by atoms with van der Waals surface area (Å²) in [6.07, 6.45) is 0. The molecule has 0 spiro atoms. The maximum absolute atomic E-state index is 8.90. The molecule has 0 radical (unpaired) electrons. The van der Waals surface area contributed by atoms with Gasteiger partial charge in [0.05, 0.1) is 5.69 Å². The van der Waals surface area contributed by atoms with Gasteiger partial charge in [-0.3, -0.25) is 0 Å². The fourth-order valence-electron chi connectivity index (χ4n) is 1.31. The van der Waals surface area contributed by atoms with Crippen LogP contribution in [-0.2, 0) is 0 Å². The number of hydrogen-bond donors (Lipinski definition) is 3. The Bertz CT molecular complexity index is 316. The molecule has 0 fully saturated rings. The van der Waals surface area contributed by atoms with Crippen LogP contribution in [0.15, 0.2) is 18.2 Å². The predicted molar refractivity (Wildman–Crippen MR) is 50.3 cm³/mol. The summed E-state index contributed by atoms with van der Waals surface area (Å²) in [6, 6.07) is 5.07. The van der Waals surface area contributed by atoms with Gasteiger partial charge in [0, 0.05) is 6.54 Å². The molecular weight excluding hydrogens is 169 g/mol. The van der Waals surface area contributed by atoms with Crippen LogP contribution in [0.5, 0.6) is 5.75 Å². The van der Waals surface area contributed by atoms with E-state index in [2.05, 4.69) is 5.32 Å². The van der Waals surface area contributed by atoms with E-state index in [9.17, 15) is 0 Å². The van der Waals surface area contributed by atoms with E-state index in [0.29, 0.717) is 17.8 Å². The fraction of sp³-hybridized carbons (Fsp3) is 0.250. The van der Waals surface area contributed by atoms with Gasteiger partial charge in [-0.25, -0.2) is 0 Å². The van der Waals surface area contributed by atoms with Crippen molar-refractivity contribution in [2.24, 2.45) is 0 Å². The van der Waals surface area contributed by atoms with E-state index < -0.39 is 7.12 Å². The Morgan fingerprint density at radius 3 is 3.00 bits per heavy atom. The van der Waals surface area contributed by atoms with Crippen molar-refractivity contribution in [3.8, 4) is 5.75 Å². The number of ether oxygens (including phenoxy) is 1. The molecule has 1 aromatic carbocycles. The van der Waals surface area contributed by atoms with Gasteiger partial charge in [-0.1, -0.05) is 6.07 Å². The first-order valence-corrected chi connectivity index (χ1v) is 4.14. The Balaban J connectivity index is 2.35. The highest BCUT2D eigenvalue weighted by molar-refractivity contribution is 6.58. The second-order valence-electron chi connectivity index (χ2n) is 2.90. The third-order valence-electron chi connectivity index (χ3n) is 1.98. The van der Waals surface area contributed by atoms with Gasteiger partial charge in [0.1, 0.15) is 12.4 Å². The molecule has 0 amide bonds. The molecule has 1 heterocycles. The van der Waals surface area contributed by atoms with Crippen LogP contribution in [0.1, 0.15) is 0 Å². The number of anilines is 1. The summed E-state index contributed by atoms with van der Waals surface area (Å²) in [4.78, 5) is 0. The summed E-state index contributed by atoms with van der Waals surface area (Å²) < 4.78 is 5.33. The molecule has 0 atom stereocenters. The molecule has 2 rings (SSSR count). The van der Waals surface area contributed by atoms with Crippen LogP contribution in [0, 0.1) is 0 Å². The van der Waals surface area contributed by atoms with E-state index in [1.54, 1.807) is 18.2 Å². The largest absolute Gasteiger partial charge is 0.490 e. The monoisotopic (exact) mass is 179 g/mol. The molecule has 0 saturated carbocycles. The molecule has 13 heavy (non-hydrogen) atoms. The number of fused-ring (bicyclic) bond motifs is 1. The molecule has 1 aliphatic rings. The summed E-state index contributed by atoms with van der Waals surface area (Å²) >= 11 is 0. The van der Waals surface area contributed by atoms with Gasteiger partial charge in [-0.05, 0) is 17.6 Å². The number of benzene rings is 1. The van der Waals surface area contributed by atoms with Crippen molar-refractivity contribution in [3.63, 3.8) is 0 Å². The standard InChI is InChI=1S/C8H10BNO3/c11-9(12)6-1-2-7-8(5-6)13-4-3-10-7/h1-2,5,10-12H,3-4H2. The van der Waals surface area contributed by atoms with Crippen LogP contribution in [0.25, 0.3) is 0 Å². The Kier molecular flexibility index (Phi) is 2.12. The summed E-state index contributed by atoms with van der Waals surface area (Å²) in [5.74, 6) is 0.678. The lowest BCUT2D eigenvalue weighted by atomic mass is 9.80. The topological polar surface area (TPSA) is 61.7 Å². The van der Waals surface area contributed by atoms with Gasteiger partial charge in [0.15, 0.2) is 0 Å². The highest BCUT2D eigenvalue weighted by Crippen LogP contribution is 2.24. The Hall–Kier alpha value is -1.20. The van der Waals surface area contributed by atoms with Gasteiger partial charge in [0.2, 0.25) is 0 Å². The zero-order valence-electron chi connectivity index (χ0n) is 7.03. The van der Waals surface area contributed by atoms with E-state index >= 15 is 0 Å². The van der Waals surface area contributed by atoms with E-state index in [0.717, 1.165) is 12.2 Å². The van der Waals surface area contributed by atoms with Gasteiger partial charge in [-0.15, -0.1) is 0 Å². The summed E-state index contributed by atoms with van der Waals surface area (Å²) in [5, 5.41) is 21.0. The smallest absolute Gasteiger partial charge is 0.488 e. The van der Waals surface area contributed by atoms with E-state index in [1.807, 2.05) is 0 Å². The Morgan fingerprint density at radius 2 is 2.23 bits per heavy atom. The fourth-order valence-corrected chi connectivity index (χ4v) is 1.31. The minimum atomic E-state index is -1.43. The first-order valence-electron chi connectivity index (χ1n) is 4.14. The van der Waals surface area contributed by atoms with Crippen LogP contribution in [-0.4, -0.2) is 30.3 Å². The molecule has 5 heteroatoms. The molecule has 0 saturated heterocycles. The van der Waals surface area contributed by atoms with Crippen LogP contribution >= 0.6 is 0 Å². The number of rotatable bonds is 1. The molecule has 1 aliphatic heterocycles. The second-order valence-corrected chi connectivity index (χ2v) is 2.90. The second kappa shape index (κ2) is 3.28. The summed E-state index contributed by atoms with van der Waals surface area (Å²) in [7, 11) is -1.43. The Morgan fingerprint density at radius 1 is 1.38 bits per heavy atom. The zero-order chi connectivity index (χ0) is 9.26. The van der Waals surface area contributed by atoms with Crippen molar-refractivity contribution in [1.29, 1.82) is 0 Å². The molecular formula is C8H10BNO3. The molecule has 1 aromatic rings. The van der Waals surface area contributed by atoms with Crippen LogP contribution in [0.3, 0.4) is 0 Å². The molecule has 68 valence electrons. The lowest BCUT2D eigenvalue weighted by molar-refractivity contribution is 0.323. The maximum atomic E-state index is 8.90. The molecule has 4 nitrogen and oxygen atoms in total. The first kappa shape index (κ1) is 8.41. The van der Waals surface area contributed by atoms with Crippen molar-refractivity contribution in [2.45, 2.75) is 0 Å². The quantitative estimate of drug-likeness (QED) is 0.492. The first-order chi connectivity index (χ1) is 6.27. The van der Waals surface area contributed by atoms with E-state index in [-0.39, 0.29) is 0 Å². The van der Waals surface area contributed by atoms with Gasteiger partial charge in [-0.2, -0.15) is 0 Å². The van der Waals surface area contributed by atoms with Gasteiger partial charge in [0.25, 0.3) is 0 Å². The SMILES string of the molecule is OB(O)c1ccc2c(c1)OCCN2. The third-order valence-corrected chi connectivity index (χ3v) is 1.98. The predicted octanol–water partition coefficient (Wildman–Crippen LogP) is -0.829. The lowest BCUT2D eigenvalue weighted by Gasteiger charge is -2.19. The van der Waals surface area contributed by atoms with Crippen LogP contribution in [0.4, 0.5) is 5.69 Å². The highest BCUT2D eigenvalue weighted by atomic mass is 16.5. The third kappa shape index (κ3) is 1.61. The van der Waals surface area contributed by atoms with Crippen LogP contribution in [0.2, 0.25) is 0 Å². The van der Waals surface area contributed by atoms with Gasteiger partial charge >= 0.3 is 7.12 Å². The average Bonchev–Trinajstić information content (AvgIpc) is 2.17. The minimum Gasteiger partial charge on any atom is -0.490 e. The molecule has 0 bridgehead atoms. The van der Waals surface area contributed by atoms with Crippen molar-refractivity contribution in [1.82, 2.24) is 0 Å². The Labute approximate surface area is 76.3 Å². The molecule has 0 aromatic heterocycles. The zero-order valence-corrected chi connectivity index (χ0v) is 7.03. The maximum Gasteiger partial charge on any atom is 0.488 e. The number of hydrogen-bond acceptors (Lipinski definition) is 4. The normalized spacial score (nSPS) is 14.0. The van der Waals surface area contributed by atoms with Crippen molar-refractivity contribution >= 4 is 18.3 Å². The average molecular weight is 179 g/mol. The van der Waals surface area contributed by atoms with Crippen molar-refractivity contribution in [2.75, 3.05) is 18.5 Å². The molecule has 0 aliphatic carbocycles. The minimum absolute atomic E-state index is 0.447. The summed E-state index contributed by atoms with van der Waals surface area (Å²) in [5.41, 5.74) is 1.35.